The molecule has 0 radical (unpaired) electrons. The molecule has 4 rings (SSSR count). The van der Waals surface area contributed by atoms with Crippen LogP contribution in [0.3, 0.4) is 0 Å². The fourth-order valence-electron chi connectivity index (χ4n) is 3.82. The lowest BCUT2D eigenvalue weighted by atomic mass is 9.99. The summed E-state index contributed by atoms with van der Waals surface area (Å²) in [6.45, 7) is 5.52. The van der Waals surface area contributed by atoms with E-state index in [0.29, 0.717) is 22.0 Å². The van der Waals surface area contributed by atoms with Crippen molar-refractivity contribution in [1.29, 1.82) is 0 Å². The van der Waals surface area contributed by atoms with Gasteiger partial charge in [-0.05, 0) is 61.7 Å². The number of aromatic nitrogens is 1. The normalized spacial score (nSPS) is 14.7. The lowest BCUT2D eigenvalue weighted by Gasteiger charge is -2.29. The third-order valence-corrected chi connectivity index (χ3v) is 6.58. The van der Waals surface area contributed by atoms with E-state index in [2.05, 4.69) is 22.1 Å². The highest BCUT2D eigenvalue weighted by Crippen LogP contribution is 2.22. The molecule has 1 aromatic heterocycles. The lowest BCUT2D eigenvalue weighted by Crippen LogP contribution is -2.32. The summed E-state index contributed by atoms with van der Waals surface area (Å²) in [4.78, 5) is 31.3. The molecule has 0 unspecified atom stereocenters. The molecule has 2 heterocycles. The van der Waals surface area contributed by atoms with Gasteiger partial charge in [0.15, 0.2) is 5.13 Å². The van der Waals surface area contributed by atoms with E-state index in [1.54, 1.807) is 42.5 Å². The molecular formula is C25H28N4O3S. The summed E-state index contributed by atoms with van der Waals surface area (Å²) in [7, 11) is 0. The predicted molar refractivity (Wildman–Crippen MR) is 129 cm³/mol. The van der Waals surface area contributed by atoms with Crippen LogP contribution in [0.5, 0.6) is 5.75 Å². The molecule has 7 nitrogen and oxygen atoms in total. The molecule has 1 fully saturated rings. The van der Waals surface area contributed by atoms with Gasteiger partial charge in [0.25, 0.3) is 11.8 Å². The fourth-order valence-corrected chi connectivity index (χ4v) is 4.51. The van der Waals surface area contributed by atoms with Crippen molar-refractivity contribution in [2.45, 2.75) is 32.9 Å². The number of para-hydroxylation sites is 1. The summed E-state index contributed by atoms with van der Waals surface area (Å²) in [5.74, 6) is 0.447. The van der Waals surface area contributed by atoms with E-state index >= 15 is 0 Å². The average Bonchev–Trinajstić information content (AvgIpc) is 3.26. The Bertz CT molecular complexity index is 1120. The number of likely N-dealkylation sites (tertiary alicyclic amines) is 1. The Labute approximate surface area is 197 Å². The minimum Gasteiger partial charge on any atom is -0.488 e. The number of anilines is 1. The molecule has 0 saturated carbocycles. The number of rotatable bonds is 8. The van der Waals surface area contributed by atoms with Gasteiger partial charge in [0, 0.05) is 17.5 Å². The van der Waals surface area contributed by atoms with Crippen LogP contribution in [0, 0.1) is 5.92 Å². The fraction of sp³-hybridized carbons (Fsp3) is 0.320. The van der Waals surface area contributed by atoms with Gasteiger partial charge in [0.1, 0.15) is 12.4 Å². The number of amides is 2. The van der Waals surface area contributed by atoms with Gasteiger partial charge in [-0.2, -0.15) is 0 Å². The molecule has 0 spiro atoms. The summed E-state index contributed by atoms with van der Waals surface area (Å²) >= 11 is 1.44. The number of hydrogen-bond donors (Lipinski definition) is 2. The number of carbonyl (C=O) groups excluding carboxylic acids is 2. The van der Waals surface area contributed by atoms with Crippen LogP contribution < -0.4 is 15.8 Å². The standard InChI is InChI=1S/C25H28N4O3S/c1-17-9-11-29(12-10-17)14-20-16-33-25(27-20)28-24(31)19-6-4-5-18(13-19)15-32-22-8-3-2-7-21(22)23(26)30/h2-8,13,16-17H,9-12,14-15H2,1H3,(H2,26,30)(H,27,28,31). The van der Waals surface area contributed by atoms with Crippen LogP contribution in [0.2, 0.25) is 0 Å². The topological polar surface area (TPSA) is 97.5 Å². The number of benzene rings is 2. The Balaban J connectivity index is 1.34. The van der Waals surface area contributed by atoms with Crippen LogP contribution in [0.15, 0.2) is 53.9 Å². The maximum atomic E-state index is 12.8. The first-order valence-corrected chi connectivity index (χ1v) is 11.9. The zero-order chi connectivity index (χ0) is 23.2. The summed E-state index contributed by atoms with van der Waals surface area (Å²) < 4.78 is 5.77. The molecule has 2 aromatic carbocycles. The van der Waals surface area contributed by atoms with E-state index in [1.165, 1.54) is 24.2 Å². The molecular weight excluding hydrogens is 436 g/mol. The summed E-state index contributed by atoms with van der Waals surface area (Å²) in [6.07, 6.45) is 2.45. The first-order valence-electron chi connectivity index (χ1n) is 11.1. The molecule has 0 bridgehead atoms. The van der Waals surface area contributed by atoms with Crippen molar-refractivity contribution in [2.24, 2.45) is 11.7 Å². The Morgan fingerprint density at radius 2 is 1.97 bits per heavy atom. The number of nitrogens with two attached hydrogens (primary N) is 1. The van der Waals surface area contributed by atoms with Gasteiger partial charge in [0.05, 0.1) is 11.3 Å². The molecule has 0 aliphatic carbocycles. The lowest BCUT2D eigenvalue weighted by molar-refractivity contribution is 0.0994. The summed E-state index contributed by atoms with van der Waals surface area (Å²) in [5.41, 5.74) is 8.03. The highest BCUT2D eigenvalue weighted by atomic mass is 32.1. The quantitative estimate of drug-likeness (QED) is 0.518. The van der Waals surface area contributed by atoms with Crippen molar-refractivity contribution in [3.8, 4) is 5.75 Å². The number of ether oxygens (including phenoxy) is 1. The Morgan fingerprint density at radius 3 is 2.76 bits per heavy atom. The average molecular weight is 465 g/mol. The van der Waals surface area contributed by atoms with Crippen molar-refractivity contribution in [2.75, 3.05) is 18.4 Å². The second-order valence-electron chi connectivity index (χ2n) is 8.41. The molecule has 3 aromatic rings. The monoisotopic (exact) mass is 464 g/mol. The molecule has 2 amide bonds. The van der Waals surface area contributed by atoms with E-state index in [-0.39, 0.29) is 12.5 Å². The number of nitrogens with one attached hydrogen (secondary N) is 1. The molecule has 172 valence electrons. The van der Waals surface area contributed by atoms with Crippen LogP contribution in [-0.2, 0) is 13.2 Å². The third kappa shape index (κ3) is 6.18. The number of primary amides is 1. The third-order valence-electron chi connectivity index (χ3n) is 5.77. The van der Waals surface area contributed by atoms with Gasteiger partial charge < -0.3 is 10.5 Å². The predicted octanol–water partition coefficient (Wildman–Crippen LogP) is 4.31. The summed E-state index contributed by atoms with van der Waals surface area (Å²) in [6, 6.07) is 14.0. The highest BCUT2D eigenvalue weighted by Gasteiger charge is 2.17. The van der Waals surface area contributed by atoms with E-state index in [9.17, 15) is 9.59 Å². The first-order chi connectivity index (χ1) is 16.0. The van der Waals surface area contributed by atoms with Gasteiger partial charge >= 0.3 is 0 Å². The zero-order valence-corrected chi connectivity index (χ0v) is 19.4. The Hall–Kier alpha value is -3.23. The Kier molecular flexibility index (Phi) is 7.36. The minimum absolute atomic E-state index is 0.210. The molecule has 1 aliphatic rings. The van der Waals surface area contributed by atoms with Crippen LogP contribution >= 0.6 is 11.3 Å². The zero-order valence-electron chi connectivity index (χ0n) is 18.6. The van der Waals surface area contributed by atoms with Crippen molar-refractivity contribution in [1.82, 2.24) is 9.88 Å². The van der Waals surface area contributed by atoms with Gasteiger partial charge in [-0.25, -0.2) is 4.98 Å². The SMILES string of the molecule is CC1CCN(Cc2csc(NC(=O)c3cccc(COc4ccccc4C(N)=O)c3)n2)CC1. The van der Waals surface area contributed by atoms with Crippen molar-refractivity contribution in [3.63, 3.8) is 0 Å². The van der Waals surface area contributed by atoms with E-state index in [0.717, 1.165) is 36.8 Å². The van der Waals surface area contributed by atoms with Crippen molar-refractivity contribution >= 4 is 28.3 Å². The summed E-state index contributed by atoms with van der Waals surface area (Å²) in [5, 5.41) is 5.50. The van der Waals surface area contributed by atoms with Gasteiger partial charge in [-0.1, -0.05) is 31.2 Å². The van der Waals surface area contributed by atoms with Crippen LogP contribution in [0.25, 0.3) is 0 Å². The number of carbonyl (C=O) groups is 2. The van der Waals surface area contributed by atoms with Crippen molar-refractivity contribution < 1.29 is 14.3 Å². The van der Waals surface area contributed by atoms with E-state index in [1.807, 2.05) is 11.4 Å². The second-order valence-corrected chi connectivity index (χ2v) is 9.26. The van der Waals surface area contributed by atoms with Gasteiger partial charge in [0.2, 0.25) is 0 Å². The number of hydrogen-bond acceptors (Lipinski definition) is 6. The first kappa shape index (κ1) is 22.9. The number of thiazole rings is 1. The molecule has 1 aliphatic heterocycles. The second kappa shape index (κ2) is 10.6. The molecule has 33 heavy (non-hydrogen) atoms. The molecule has 0 atom stereocenters. The van der Waals surface area contributed by atoms with Crippen LogP contribution in [0.1, 0.15) is 51.7 Å². The number of piperidine rings is 1. The molecule has 8 heteroatoms. The largest absolute Gasteiger partial charge is 0.488 e. The van der Waals surface area contributed by atoms with E-state index in [4.69, 9.17) is 10.5 Å². The van der Waals surface area contributed by atoms with Crippen LogP contribution in [0.4, 0.5) is 5.13 Å². The number of nitrogens with zero attached hydrogens (tertiary/aromatic N) is 2. The molecule has 3 N–H and O–H groups in total. The minimum atomic E-state index is -0.545. The highest BCUT2D eigenvalue weighted by molar-refractivity contribution is 7.14. The van der Waals surface area contributed by atoms with E-state index < -0.39 is 5.91 Å². The molecule has 1 saturated heterocycles. The van der Waals surface area contributed by atoms with Crippen molar-refractivity contribution in [3.05, 3.63) is 76.3 Å². The van der Waals surface area contributed by atoms with Gasteiger partial charge in [-0.3, -0.25) is 19.8 Å². The smallest absolute Gasteiger partial charge is 0.257 e. The van der Waals surface area contributed by atoms with Gasteiger partial charge in [-0.15, -0.1) is 11.3 Å². The Morgan fingerprint density at radius 1 is 1.18 bits per heavy atom. The van der Waals surface area contributed by atoms with Crippen LogP contribution in [-0.4, -0.2) is 34.8 Å². The maximum Gasteiger partial charge on any atom is 0.257 e. The maximum absolute atomic E-state index is 12.8.